The smallest absolute Gasteiger partial charge is 0.306 e. The maximum Gasteiger partial charge on any atom is 0.306 e. The van der Waals surface area contributed by atoms with E-state index in [9.17, 15) is 45.3 Å². The van der Waals surface area contributed by atoms with Crippen LogP contribution in [0, 0.1) is 0 Å². The molecule has 15 heteroatoms. The van der Waals surface area contributed by atoms with Crippen LogP contribution in [0.25, 0.3) is 0 Å². The van der Waals surface area contributed by atoms with Gasteiger partial charge in [0, 0.05) is 12.8 Å². The molecular formula is C53H92O15. The average molecular weight is 969 g/mol. The first-order valence-corrected chi connectivity index (χ1v) is 26.2. The van der Waals surface area contributed by atoms with Gasteiger partial charge in [-0.05, 0) is 64.2 Å². The first-order valence-electron chi connectivity index (χ1n) is 26.2. The Morgan fingerprint density at radius 3 is 1.49 bits per heavy atom. The Hall–Kier alpha value is -2.54. The molecule has 0 amide bonds. The zero-order chi connectivity index (χ0) is 49.6. The normalized spacial score (nSPS) is 26.1. The summed E-state index contributed by atoms with van der Waals surface area (Å²) in [7, 11) is 0. The van der Waals surface area contributed by atoms with Crippen LogP contribution < -0.4 is 0 Å². The molecule has 2 heterocycles. The summed E-state index contributed by atoms with van der Waals surface area (Å²) < 4.78 is 33.5. The number of aliphatic hydroxyl groups is 7. The Morgan fingerprint density at radius 2 is 0.912 bits per heavy atom. The highest BCUT2D eigenvalue weighted by Gasteiger charge is 2.47. The van der Waals surface area contributed by atoms with Gasteiger partial charge in [-0.2, -0.15) is 0 Å². The molecule has 0 aromatic rings. The lowest BCUT2D eigenvalue weighted by atomic mass is 9.98. The molecular weight excluding hydrogens is 877 g/mol. The lowest BCUT2D eigenvalue weighted by Gasteiger charge is -2.42. The Labute approximate surface area is 408 Å². The summed E-state index contributed by atoms with van der Waals surface area (Å²) in [4.78, 5) is 25.7. The molecule has 4 unspecified atom stereocenters. The molecule has 68 heavy (non-hydrogen) atoms. The van der Waals surface area contributed by atoms with Crippen molar-refractivity contribution in [3.05, 3.63) is 48.6 Å². The van der Waals surface area contributed by atoms with Crippen molar-refractivity contribution in [1.82, 2.24) is 0 Å². The van der Waals surface area contributed by atoms with Crippen molar-refractivity contribution >= 4 is 11.9 Å². The molecule has 394 valence electrons. The largest absolute Gasteiger partial charge is 0.462 e. The maximum absolute atomic E-state index is 13.0. The monoisotopic (exact) mass is 969 g/mol. The minimum atomic E-state index is -1.77. The van der Waals surface area contributed by atoms with Crippen LogP contribution in [0.1, 0.15) is 181 Å². The molecule has 0 aromatic heterocycles. The molecule has 2 rings (SSSR count). The molecule has 0 bridgehead atoms. The second-order valence-electron chi connectivity index (χ2n) is 18.3. The zero-order valence-corrected chi connectivity index (χ0v) is 41.6. The quantitative estimate of drug-likeness (QED) is 0.0179. The molecule has 15 nitrogen and oxygen atoms in total. The molecule has 2 aliphatic heterocycles. The summed E-state index contributed by atoms with van der Waals surface area (Å²) in [5.41, 5.74) is 0. The molecule has 0 aromatic carbocycles. The number of ether oxygens (including phenoxy) is 6. The first-order chi connectivity index (χ1) is 33.0. The highest BCUT2D eigenvalue weighted by molar-refractivity contribution is 5.70. The van der Waals surface area contributed by atoms with Gasteiger partial charge >= 0.3 is 11.9 Å². The summed E-state index contributed by atoms with van der Waals surface area (Å²) in [5.74, 6) is -1.01. The summed E-state index contributed by atoms with van der Waals surface area (Å²) >= 11 is 0. The van der Waals surface area contributed by atoms with E-state index < -0.39 is 99.3 Å². The van der Waals surface area contributed by atoms with Gasteiger partial charge in [-0.15, -0.1) is 0 Å². The lowest BCUT2D eigenvalue weighted by molar-refractivity contribution is -0.332. The van der Waals surface area contributed by atoms with Crippen molar-refractivity contribution < 1.29 is 73.8 Å². The van der Waals surface area contributed by atoms with Crippen LogP contribution in [-0.4, -0.2) is 142 Å². The number of carbonyl (C=O) groups is 2. The van der Waals surface area contributed by atoms with Crippen molar-refractivity contribution in [2.24, 2.45) is 0 Å². The van der Waals surface area contributed by atoms with Crippen molar-refractivity contribution in [2.75, 3.05) is 26.4 Å². The van der Waals surface area contributed by atoms with Gasteiger partial charge in [-0.1, -0.05) is 152 Å². The van der Waals surface area contributed by atoms with E-state index in [-0.39, 0.29) is 19.4 Å². The Kier molecular flexibility index (Phi) is 36.3. The predicted molar refractivity (Wildman–Crippen MR) is 261 cm³/mol. The number of hydrogen-bond donors (Lipinski definition) is 7. The standard InChI is InChI=1S/C53H92O15/c1-3-5-7-9-11-13-15-17-19-20-22-23-25-27-29-31-33-35-44(55)63-38-41(66-45(56)36-34-32-30-28-26-24-21-18-16-14-12-10-8-6-4-2)39-64-52-51(62)49(60)47(58)43(68-52)40-65-53-50(61)48(59)46(57)42(37-54)67-53/h11,13,17,19,22-23,30,32,41-43,46-54,57-62H,3-10,12,14-16,18,20-21,24-29,31,33-40H2,1-2H3/b13-11+,19-17+,23-22+,32-30+/t41-,42+,43+,46-,47-,48?,49?,50?,51?,52+,53+/m0/s1. The van der Waals surface area contributed by atoms with E-state index in [1.807, 2.05) is 6.08 Å². The van der Waals surface area contributed by atoms with E-state index >= 15 is 0 Å². The molecule has 0 spiro atoms. The van der Waals surface area contributed by atoms with Crippen LogP contribution >= 0.6 is 0 Å². The van der Waals surface area contributed by atoms with Crippen LogP contribution in [0.3, 0.4) is 0 Å². The van der Waals surface area contributed by atoms with Gasteiger partial charge in [-0.3, -0.25) is 9.59 Å². The molecule has 0 radical (unpaired) electrons. The summed E-state index contributed by atoms with van der Waals surface area (Å²) in [5, 5.41) is 72.1. The first kappa shape index (κ1) is 61.6. The minimum absolute atomic E-state index is 0.0762. The molecule has 0 aliphatic carbocycles. The number of carbonyl (C=O) groups excluding carboxylic acids is 2. The van der Waals surface area contributed by atoms with Gasteiger partial charge in [0.1, 0.15) is 55.4 Å². The molecule has 2 saturated heterocycles. The number of aliphatic hydroxyl groups excluding tert-OH is 7. The van der Waals surface area contributed by atoms with Crippen molar-refractivity contribution in [3.8, 4) is 0 Å². The topological polar surface area (TPSA) is 231 Å². The van der Waals surface area contributed by atoms with E-state index in [4.69, 9.17) is 28.4 Å². The maximum atomic E-state index is 13.0. The van der Waals surface area contributed by atoms with E-state index in [1.54, 1.807) is 0 Å². The minimum Gasteiger partial charge on any atom is -0.462 e. The second-order valence-corrected chi connectivity index (χ2v) is 18.3. The summed E-state index contributed by atoms with van der Waals surface area (Å²) in [6, 6.07) is 0. The lowest BCUT2D eigenvalue weighted by Crippen LogP contribution is -2.61. The van der Waals surface area contributed by atoms with Gasteiger partial charge in [0.15, 0.2) is 18.7 Å². The molecule has 11 atom stereocenters. The fourth-order valence-corrected chi connectivity index (χ4v) is 7.95. The van der Waals surface area contributed by atoms with Crippen molar-refractivity contribution in [3.63, 3.8) is 0 Å². The number of unbranched alkanes of at least 4 members (excludes halogenated alkanes) is 18. The van der Waals surface area contributed by atoms with Crippen LogP contribution in [-0.2, 0) is 38.0 Å². The predicted octanol–water partition coefficient (Wildman–Crippen LogP) is 7.49. The van der Waals surface area contributed by atoms with Gasteiger partial charge < -0.3 is 64.2 Å². The Balaban J connectivity index is 1.83. The third-order valence-corrected chi connectivity index (χ3v) is 12.3. The summed E-state index contributed by atoms with van der Waals surface area (Å²) in [6.45, 7) is 2.50. The third-order valence-electron chi connectivity index (χ3n) is 12.3. The van der Waals surface area contributed by atoms with Crippen LogP contribution in [0.5, 0.6) is 0 Å². The number of esters is 2. The highest BCUT2D eigenvalue weighted by Crippen LogP contribution is 2.26. The summed E-state index contributed by atoms with van der Waals surface area (Å²) in [6.07, 6.45) is 27.2. The molecule has 2 aliphatic rings. The van der Waals surface area contributed by atoms with Gasteiger partial charge in [-0.25, -0.2) is 0 Å². The van der Waals surface area contributed by atoms with Gasteiger partial charge in [0.2, 0.25) is 0 Å². The van der Waals surface area contributed by atoms with Crippen molar-refractivity contribution in [1.29, 1.82) is 0 Å². The van der Waals surface area contributed by atoms with Crippen LogP contribution in [0.4, 0.5) is 0 Å². The molecule has 0 saturated carbocycles. The number of hydrogen-bond acceptors (Lipinski definition) is 15. The second kappa shape index (κ2) is 40.1. The number of allylic oxidation sites excluding steroid dienone is 8. The molecule has 7 N–H and O–H groups in total. The van der Waals surface area contributed by atoms with Crippen LogP contribution in [0.2, 0.25) is 0 Å². The third kappa shape index (κ3) is 27.7. The van der Waals surface area contributed by atoms with Gasteiger partial charge in [0.25, 0.3) is 0 Å². The molecule has 2 fully saturated rings. The fourth-order valence-electron chi connectivity index (χ4n) is 7.95. The fraction of sp³-hybridized carbons (Fsp3) is 0.811. The number of rotatable bonds is 40. The zero-order valence-electron chi connectivity index (χ0n) is 41.6. The van der Waals surface area contributed by atoms with Gasteiger partial charge in [0.05, 0.1) is 19.8 Å². The van der Waals surface area contributed by atoms with Crippen LogP contribution in [0.15, 0.2) is 48.6 Å². The SMILES string of the molecule is CCCCC/C=C/C/C=C/C/C=C/CCCCCCC(=O)OC[C@@H](CO[C@@H]1O[C@H](CO[C@@H]2O[C@H](CO)[C@H](O)C(O)C2O)[C@H](O)C(O)C1O)OC(=O)CC/C=C/CCCCCCCCCCCCC. The Morgan fingerprint density at radius 1 is 0.471 bits per heavy atom. The Bertz CT molecular complexity index is 1370. The van der Waals surface area contributed by atoms with E-state index in [0.29, 0.717) is 12.8 Å². The van der Waals surface area contributed by atoms with E-state index in [0.717, 1.165) is 57.8 Å². The van der Waals surface area contributed by atoms with Crippen molar-refractivity contribution in [2.45, 2.75) is 248 Å². The van der Waals surface area contributed by atoms with E-state index in [2.05, 4.69) is 56.4 Å². The highest BCUT2D eigenvalue weighted by atomic mass is 16.7. The van der Waals surface area contributed by atoms with E-state index in [1.165, 1.54) is 83.5 Å². The average Bonchev–Trinajstić information content (AvgIpc) is 3.33.